The number of alkyl halides is 2. The van der Waals surface area contributed by atoms with Gasteiger partial charge in [-0.15, -0.1) is 0 Å². The molecule has 298 valence electrons. The summed E-state index contributed by atoms with van der Waals surface area (Å²) in [6.45, 7) is 27.9. The Labute approximate surface area is 340 Å². The van der Waals surface area contributed by atoms with Gasteiger partial charge in [-0.2, -0.15) is 0 Å². The summed E-state index contributed by atoms with van der Waals surface area (Å²) in [6, 6.07) is 21.8. The molecule has 2 aromatic carbocycles. The van der Waals surface area contributed by atoms with E-state index in [2.05, 4.69) is 141 Å². The number of ether oxygens (including phenoxy) is 2. The van der Waals surface area contributed by atoms with Crippen molar-refractivity contribution in [3.8, 4) is 0 Å². The lowest BCUT2D eigenvalue weighted by Crippen LogP contribution is -2.68. The van der Waals surface area contributed by atoms with Crippen molar-refractivity contribution in [2.24, 2.45) is 52.3 Å². The lowest BCUT2D eigenvalue weighted by molar-refractivity contribution is -0.162. The van der Waals surface area contributed by atoms with E-state index in [1.165, 1.54) is 10.4 Å². The van der Waals surface area contributed by atoms with Gasteiger partial charge in [-0.25, -0.2) is 0 Å². The molecule has 8 atom stereocenters. The van der Waals surface area contributed by atoms with E-state index in [0.29, 0.717) is 24.4 Å². The zero-order valence-corrected chi connectivity index (χ0v) is 39.2. The highest BCUT2D eigenvalue weighted by Crippen LogP contribution is 2.50. The van der Waals surface area contributed by atoms with Crippen LogP contribution in [0.5, 0.6) is 0 Å². The van der Waals surface area contributed by atoms with Crippen molar-refractivity contribution in [1.29, 1.82) is 0 Å². The topological polar surface area (TPSA) is 61.8 Å². The number of hydrogen-bond donors (Lipinski definition) is 0. The highest BCUT2D eigenvalue weighted by Gasteiger charge is 2.54. The van der Waals surface area contributed by atoms with E-state index in [4.69, 9.17) is 13.9 Å². The van der Waals surface area contributed by atoms with Crippen molar-refractivity contribution in [3.05, 3.63) is 60.7 Å². The van der Waals surface area contributed by atoms with Crippen LogP contribution in [0.15, 0.2) is 60.7 Å². The van der Waals surface area contributed by atoms with Crippen LogP contribution in [0.1, 0.15) is 109 Å². The standard InChI is InChI=1S/C45H70Br2O5Si/c1-30(2)39(28-47)37(24-32(4)51-42(49)44(8,9)10)38-26-33(25-36(31(3)27-46)40(38)29-50-41(48)43(5,6)7)52-53(45(11,12)13,34-20-16-14-17-21-34)35-22-18-15-19-23-35/h14-23,30-33,36-40H,24-29H2,1-13H3/t31-,32?,33-,36+,37-,38-,39-,40-/m1/s1. The molecule has 8 heteroatoms. The average Bonchev–Trinajstić information content (AvgIpc) is 3.08. The largest absolute Gasteiger partial charge is 0.465 e. The number of halogens is 2. The van der Waals surface area contributed by atoms with Crippen molar-refractivity contribution in [1.82, 2.24) is 0 Å². The van der Waals surface area contributed by atoms with Crippen LogP contribution in [0.4, 0.5) is 0 Å². The Kier molecular flexibility index (Phi) is 16.5. The molecule has 1 unspecified atom stereocenters. The second-order valence-electron chi connectivity index (χ2n) is 19.3. The van der Waals surface area contributed by atoms with Crippen LogP contribution in [-0.4, -0.2) is 49.7 Å². The zero-order valence-electron chi connectivity index (χ0n) is 35.0. The molecule has 1 saturated carbocycles. The van der Waals surface area contributed by atoms with Crippen molar-refractivity contribution >= 4 is 62.5 Å². The van der Waals surface area contributed by atoms with Gasteiger partial charge in [0.05, 0.1) is 23.5 Å². The summed E-state index contributed by atoms with van der Waals surface area (Å²) in [5.74, 6) is 1.36. The molecular formula is C45H70Br2O5Si. The van der Waals surface area contributed by atoms with Crippen LogP contribution in [0, 0.1) is 52.3 Å². The number of esters is 2. The van der Waals surface area contributed by atoms with Crippen LogP contribution < -0.4 is 10.4 Å². The monoisotopic (exact) mass is 876 g/mol. The lowest BCUT2D eigenvalue weighted by atomic mass is 9.59. The molecule has 3 rings (SSSR count). The van der Waals surface area contributed by atoms with E-state index in [-0.39, 0.29) is 52.9 Å². The molecule has 0 N–H and O–H groups in total. The van der Waals surface area contributed by atoms with Crippen molar-refractivity contribution in [3.63, 3.8) is 0 Å². The number of benzene rings is 2. The third-order valence-electron chi connectivity index (χ3n) is 11.6. The fraction of sp³-hybridized carbons (Fsp3) is 0.689. The molecule has 1 fully saturated rings. The maximum atomic E-state index is 13.4. The van der Waals surface area contributed by atoms with E-state index in [1.807, 2.05) is 41.5 Å². The SMILES string of the molecule is CC(C[C@H]([C@H]1C[C@H](O[Si](c2ccccc2)(c2ccccc2)C(C)(C)C)C[C@@H]([C@H](C)CBr)[C@H]1COC(=O)C(C)(C)C)[C@H](CBr)C(C)C)OC(=O)C(C)(C)C. The Bertz CT molecular complexity index is 1390. The molecule has 0 radical (unpaired) electrons. The summed E-state index contributed by atoms with van der Waals surface area (Å²) >= 11 is 7.83. The molecule has 0 aromatic heterocycles. The molecule has 2 aromatic rings. The summed E-state index contributed by atoms with van der Waals surface area (Å²) in [7, 11) is -2.87. The van der Waals surface area contributed by atoms with Gasteiger partial charge in [-0.1, -0.05) is 134 Å². The first-order chi connectivity index (χ1) is 24.6. The van der Waals surface area contributed by atoms with Gasteiger partial charge in [0, 0.05) is 16.8 Å². The number of hydrogen-bond acceptors (Lipinski definition) is 5. The minimum atomic E-state index is -2.87. The Morgan fingerprint density at radius 2 is 1.23 bits per heavy atom. The molecule has 0 bridgehead atoms. The lowest BCUT2D eigenvalue weighted by Gasteiger charge is -2.52. The Balaban J connectivity index is 2.26. The normalized spacial score (nSPS) is 22.5. The van der Waals surface area contributed by atoms with Crippen LogP contribution in [-0.2, 0) is 23.5 Å². The number of carbonyl (C=O) groups is 2. The Morgan fingerprint density at radius 1 is 0.736 bits per heavy atom. The first-order valence-corrected chi connectivity index (χ1v) is 24.0. The zero-order chi connectivity index (χ0) is 39.9. The molecule has 53 heavy (non-hydrogen) atoms. The minimum Gasteiger partial charge on any atom is -0.465 e. The fourth-order valence-corrected chi connectivity index (χ4v) is 15.0. The van der Waals surface area contributed by atoms with Gasteiger partial charge < -0.3 is 13.9 Å². The highest BCUT2D eigenvalue weighted by atomic mass is 79.9. The smallest absolute Gasteiger partial charge is 0.311 e. The molecular weight excluding hydrogens is 808 g/mol. The summed E-state index contributed by atoms with van der Waals surface area (Å²) in [4.78, 5) is 26.6. The maximum absolute atomic E-state index is 13.4. The maximum Gasteiger partial charge on any atom is 0.311 e. The Hall–Kier alpha value is -1.48. The van der Waals surface area contributed by atoms with Crippen LogP contribution in [0.3, 0.4) is 0 Å². The van der Waals surface area contributed by atoms with Crippen LogP contribution >= 0.6 is 31.9 Å². The number of carbonyl (C=O) groups excluding carboxylic acids is 2. The molecule has 0 heterocycles. The van der Waals surface area contributed by atoms with Crippen molar-refractivity contribution < 1.29 is 23.5 Å². The minimum absolute atomic E-state index is 0.0227. The molecule has 5 nitrogen and oxygen atoms in total. The molecule has 1 aliphatic carbocycles. The van der Waals surface area contributed by atoms with Gasteiger partial charge in [-0.05, 0) is 125 Å². The van der Waals surface area contributed by atoms with E-state index in [1.54, 1.807) is 0 Å². The van der Waals surface area contributed by atoms with Crippen molar-refractivity contribution in [2.45, 2.75) is 127 Å². The highest BCUT2D eigenvalue weighted by molar-refractivity contribution is 9.09. The van der Waals surface area contributed by atoms with E-state index >= 15 is 0 Å². The van der Waals surface area contributed by atoms with E-state index < -0.39 is 19.1 Å². The molecule has 0 spiro atoms. The fourth-order valence-electron chi connectivity index (χ4n) is 8.55. The molecule has 1 aliphatic rings. The Morgan fingerprint density at radius 3 is 1.64 bits per heavy atom. The quantitative estimate of drug-likeness (QED) is 0.101. The van der Waals surface area contributed by atoms with E-state index in [0.717, 1.165) is 29.9 Å². The van der Waals surface area contributed by atoms with Gasteiger partial charge in [-0.3, -0.25) is 9.59 Å². The van der Waals surface area contributed by atoms with Gasteiger partial charge >= 0.3 is 11.9 Å². The summed E-state index contributed by atoms with van der Waals surface area (Å²) in [6.07, 6.45) is 2.16. The van der Waals surface area contributed by atoms with Crippen LogP contribution in [0.25, 0.3) is 0 Å². The molecule has 0 aliphatic heterocycles. The summed E-state index contributed by atoms with van der Waals surface area (Å²) in [5.41, 5.74) is -1.18. The second kappa shape index (κ2) is 19.1. The third-order valence-corrected chi connectivity index (χ3v) is 18.4. The van der Waals surface area contributed by atoms with E-state index in [9.17, 15) is 9.59 Å². The van der Waals surface area contributed by atoms with Gasteiger partial charge in [0.15, 0.2) is 0 Å². The first kappa shape index (κ1) is 45.9. The van der Waals surface area contributed by atoms with Crippen LogP contribution in [0.2, 0.25) is 5.04 Å². The summed E-state index contributed by atoms with van der Waals surface area (Å²) < 4.78 is 20.4. The van der Waals surface area contributed by atoms with Crippen molar-refractivity contribution in [2.75, 3.05) is 17.3 Å². The second-order valence-corrected chi connectivity index (χ2v) is 24.8. The predicted molar refractivity (Wildman–Crippen MR) is 231 cm³/mol. The average molecular weight is 879 g/mol. The van der Waals surface area contributed by atoms with Gasteiger partial charge in [0.25, 0.3) is 8.32 Å². The summed E-state index contributed by atoms with van der Waals surface area (Å²) in [5, 5.41) is 4.07. The van der Waals surface area contributed by atoms with Gasteiger partial charge in [0.2, 0.25) is 0 Å². The molecule has 0 saturated heterocycles. The first-order valence-electron chi connectivity index (χ1n) is 19.9. The number of rotatable bonds is 15. The van der Waals surface area contributed by atoms with Gasteiger partial charge in [0.1, 0.15) is 0 Å². The molecule has 0 amide bonds. The predicted octanol–water partition coefficient (Wildman–Crippen LogP) is 10.8. The third kappa shape index (κ3) is 11.5.